The van der Waals surface area contributed by atoms with Crippen LogP contribution in [-0.4, -0.2) is 12.2 Å². The molecule has 0 radical (unpaired) electrons. The highest BCUT2D eigenvalue weighted by molar-refractivity contribution is 6.47. The lowest BCUT2D eigenvalue weighted by atomic mass is 9.87. The first kappa shape index (κ1) is 48.8. The molecule has 0 unspecified atom stereocenters. The fourth-order valence-corrected chi connectivity index (χ4v) is 12.6. The second-order valence-electron chi connectivity index (χ2n) is 21.5. The van der Waals surface area contributed by atoms with E-state index < -0.39 is 0 Å². The molecule has 0 spiro atoms. The van der Waals surface area contributed by atoms with E-state index in [1.165, 1.54) is 98.0 Å². The first-order valence-corrected chi connectivity index (χ1v) is 28.1. The van der Waals surface area contributed by atoms with E-state index in [4.69, 9.17) is 9.47 Å². The summed E-state index contributed by atoms with van der Waals surface area (Å²) in [6, 6.07) is 81.4. The van der Waals surface area contributed by atoms with Gasteiger partial charge >= 0.3 is 0 Å². The van der Waals surface area contributed by atoms with Crippen molar-refractivity contribution in [2.75, 3.05) is 9.80 Å². The molecule has 0 aliphatic carbocycles. The second-order valence-corrected chi connectivity index (χ2v) is 21.5. The molecule has 0 aliphatic heterocycles. The lowest BCUT2D eigenvalue weighted by molar-refractivity contribution is 0.242. The molecule has 0 fully saturated rings. The lowest BCUT2D eigenvalue weighted by Gasteiger charge is -2.27. The molecule has 0 N–H and O–H groups in total. The van der Waals surface area contributed by atoms with Gasteiger partial charge in [-0.15, -0.1) is 0 Å². The molecular weight excluding hydrogens is 949 g/mol. The van der Waals surface area contributed by atoms with Crippen LogP contribution < -0.4 is 19.3 Å². The molecule has 0 amide bonds. The Morgan fingerprint density at radius 2 is 0.628 bits per heavy atom. The van der Waals surface area contributed by atoms with Crippen LogP contribution in [0.2, 0.25) is 0 Å². The topological polar surface area (TPSA) is 24.9 Å². The molecule has 0 aromatic heterocycles. The van der Waals surface area contributed by atoms with Crippen LogP contribution >= 0.6 is 0 Å². The SMILES string of the molecule is CCCc1ccc(N(c2ccc(OC(C)C)cc2)c2ccc3c4c(-c5ccccc5)c5c6ccc(N(c7ccc(CCC)cc7)c7ccc(OC(C)C)cc7)c7cccc(c5c(-c5ccccc5)c4c4cccc2c43)c76)cc1. The van der Waals surface area contributed by atoms with Crippen LogP contribution in [0.5, 0.6) is 11.5 Å². The van der Waals surface area contributed by atoms with E-state index in [-0.39, 0.29) is 12.2 Å². The molecule has 0 aliphatic rings. The summed E-state index contributed by atoms with van der Waals surface area (Å²) >= 11 is 0. The maximum atomic E-state index is 6.17. The van der Waals surface area contributed by atoms with Crippen LogP contribution in [-0.2, 0) is 12.8 Å². The van der Waals surface area contributed by atoms with E-state index in [2.05, 4.69) is 270 Å². The zero-order chi connectivity index (χ0) is 53.0. The van der Waals surface area contributed by atoms with E-state index in [1.807, 2.05) is 0 Å². The summed E-state index contributed by atoms with van der Waals surface area (Å²) in [5.74, 6) is 1.73. The Hall–Kier alpha value is -8.86. The molecule has 13 aromatic rings. The van der Waals surface area contributed by atoms with Gasteiger partial charge in [0.15, 0.2) is 0 Å². The van der Waals surface area contributed by atoms with Crippen molar-refractivity contribution in [2.45, 2.75) is 79.4 Å². The summed E-state index contributed by atoms with van der Waals surface area (Å²) in [5, 5.41) is 15.1. The van der Waals surface area contributed by atoms with Crippen LogP contribution in [0.25, 0.3) is 86.9 Å². The van der Waals surface area contributed by atoms with Crippen LogP contribution in [0, 0.1) is 0 Å². The van der Waals surface area contributed by atoms with Gasteiger partial charge in [0.2, 0.25) is 0 Å². The summed E-state index contributed by atoms with van der Waals surface area (Å²) in [4.78, 5) is 4.87. The van der Waals surface area contributed by atoms with Crippen molar-refractivity contribution in [2.24, 2.45) is 0 Å². The van der Waals surface area contributed by atoms with Crippen LogP contribution in [0.4, 0.5) is 34.1 Å². The van der Waals surface area contributed by atoms with Crippen molar-refractivity contribution in [3.63, 3.8) is 0 Å². The number of ether oxygens (including phenoxy) is 2. The van der Waals surface area contributed by atoms with E-state index in [1.54, 1.807) is 0 Å². The van der Waals surface area contributed by atoms with Gasteiger partial charge in [0, 0.05) is 33.5 Å². The van der Waals surface area contributed by atoms with Gasteiger partial charge in [-0.2, -0.15) is 0 Å². The van der Waals surface area contributed by atoms with E-state index in [0.29, 0.717) is 0 Å². The van der Waals surface area contributed by atoms with E-state index >= 15 is 0 Å². The number of rotatable bonds is 16. The van der Waals surface area contributed by atoms with Crippen molar-refractivity contribution in [3.05, 3.63) is 230 Å². The quantitative estimate of drug-likeness (QED) is 0.0963. The van der Waals surface area contributed by atoms with Crippen molar-refractivity contribution < 1.29 is 9.47 Å². The predicted molar refractivity (Wildman–Crippen MR) is 334 cm³/mol. The number of benzene rings is 11. The molecule has 4 nitrogen and oxygen atoms in total. The summed E-state index contributed by atoms with van der Waals surface area (Å²) in [7, 11) is 0. The standard InChI is InChI=1S/C74H64N2O2/c1-7-17-49-27-31-53(32-28-49)75(55-35-39-57(40-36-55)77-47(3)4)65-45-43-63-69-59(65)23-15-25-61(69)71-67(51-19-11-9-12-20-51)72-62-26-16-24-60-66(46-44-64(70(60)62)74(72)68(73(63)71)52-21-13-10-14-22-52)76(54-33-29-50(18-8-2)30-34-54)56-37-41-58(42-38-56)78-48(5)6/h9-16,19-48H,7-8,17-18H2,1-6H3. The largest absolute Gasteiger partial charge is 0.491 e. The second kappa shape index (κ2) is 20.3. The predicted octanol–water partition coefficient (Wildman–Crippen LogP) is 21.2. The Morgan fingerprint density at radius 1 is 0.308 bits per heavy atom. The minimum absolute atomic E-state index is 0.0844. The van der Waals surface area contributed by atoms with Crippen molar-refractivity contribution >= 4 is 98.8 Å². The Kier molecular flexibility index (Phi) is 12.7. The molecule has 4 heteroatoms. The molecule has 0 saturated carbocycles. The first-order chi connectivity index (χ1) is 38.3. The summed E-state index contributed by atoms with van der Waals surface area (Å²) in [5.41, 5.74) is 14.3. The van der Waals surface area contributed by atoms with Crippen LogP contribution in [0.15, 0.2) is 218 Å². The highest BCUT2D eigenvalue weighted by Crippen LogP contribution is 2.58. The van der Waals surface area contributed by atoms with Crippen molar-refractivity contribution in [3.8, 4) is 33.8 Å². The van der Waals surface area contributed by atoms with Crippen molar-refractivity contribution in [1.82, 2.24) is 0 Å². The van der Waals surface area contributed by atoms with Gasteiger partial charge in [0.25, 0.3) is 0 Å². The Labute approximate surface area is 458 Å². The number of hydrogen-bond acceptors (Lipinski definition) is 4. The number of anilines is 6. The van der Waals surface area contributed by atoms with Gasteiger partial charge in [-0.25, -0.2) is 0 Å². The molecule has 78 heavy (non-hydrogen) atoms. The van der Waals surface area contributed by atoms with Crippen molar-refractivity contribution in [1.29, 1.82) is 0 Å². The Morgan fingerprint density at radius 3 is 0.962 bits per heavy atom. The summed E-state index contributed by atoms with van der Waals surface area (Å²) in [6.45, 7) is 12.8. The third-order valence-electron chi connectivity index (χ3n) is 15.6. The maximum Gasteiger partial charge on any atom is 0.119 e. The highest BCUT2D eigenvalue weighted by Gasteiger charge is 2.30. The van der Waals surface area contributed by atoms with Crippen LogP contribution in [0.1, 0.15) is 65.5 Å². The Balaban J connectivity index is 1.12. The number of aryl methyl sites for hydroxylation is 2. The molecule has 13 rings (SSSR count). The third kappa shape index (κ3) is 8.39. The van der Waals surface area contributed by atoms with Gasteiger partial charge in [-0.05, 0) is 213 Å². The first-order valence-electron chi connectivity index (χ1n) is 28.1. The zero-order valence-electron chi connectivity index (χ0n) is 45.5. The van der Waals surface area contributed by atoms with Gasteiger partial charge in [0.05, 0.1) is 23.6 Å². The van der Waals surface area contributed by atoms with Gasteiger partial charge in [-0.1, -0.05) is 160 Å². The Bertz CT molecular complexity index is 3910. The van der Waals surface area contributed by atoms with Gasteiger partial charge in [0.1, 0.15) is 11.5 Å². The molecule has 0 saturated heterocycles. The van der Waals surface area contributed by atoms with Gasteiger partial charge in [-0.3, -0.25) is 0 Å². The van der Waals surface area contributed by atoms with E-state index in [0.717, 1.165) is 71.3 Å². The molecule has 0 atom stereocenters. The molecule has 0 heterocycles. The monoisotopic (exact) mass is 1010 g/mol. The molecule has 0 bridgehead atoms. The average molecular weight is 1010 g/mol. The molecule has 382 valence electrons. The fourth-order valence-electron chi connectivity index (χ4n) is 12.6. The third-order valence-corrected chi connectivity index (χ3v) is 15.6. The number of fused-ring (bicyclic) bond motifs is 6. The van der Waals surface area contributed by atoms with Crippen LogP contribution in [0.3, 0.4) is 0 Å². The normalized spacial score (nSPS) is 11.9. The van der Waals surface area contributed by atoms with E-state index in [9.17, 15) is 0 Å². The minimum atomic E-state index is 0.0844. The highest BCUT2D eigenvalue weighted by atomic mass is 16.5. The molecular formula is C74H64N2O2. The zero-order valence-corrected chi connectivity index (χ0v) is 45.5. The lowest BCUT2D eigenvalue weighted by Crippen LogP contribution is -2.11. The smallest absolute Gasteiger partial charge is 0.119 e. The number of hydrogen-bond donors (Lipinski definition) is 0. The molecule has 13 aromatic carbocycles. The minimum Gasteiger partial charge on any atom is -0.491 e. The van der Waals surface area contributed by atoms with Gasteiger partial charge < -0.3 is 19.3 Å². The maximum absolute atomic E-state index is 6.17. The summed E-state index contributed by atoms with van der Waals surface area (Å²) in [6.07, 6.45) is 4.48. The number of nitrogens with zero attached hydrogens (tertiary/aromatic N) is 2. The fraction of sp³-hybridized carbons (Fsp3) is 0.162. The summed E-state index contributed by atoms with van der Waals surface area (Å²) < 4.78 is 12.3. The average Bonchev–Trinajstić information content (AvgIpc) is 4.21.